The minimum atomic E-state index is 0.721. The topological polar surface area (TPSA) is 66.7 Å². The van der Waals surface area contributed by atoms with Gasteiger partial charge in [0.05, 0.1) is 11.0 Å². The summed E-state index contributed by atoms with van der Waals surface area (Å²) in [6.45, 7) is 4.14. The summed E-state index contributed by atoms with van der Waals surface area (Å²) in [6.07, 6.45) is 0. The number of hydrogen-bond donors (Lipinski definition) is 3. The van der Waals surface area contributed by atoms with Gasteiger partial charge in [0.15, 0.2) is 0 Å². The van der Waals surface area contributed by atoms with Gasteiger partial charge < -0.3 is 16.0 Å². The Morgan fingerprint density at radius 1 is 1.15 bits per heavy atom. The molecule has 3 aromatic rings. The van der Waals surface area contributed by atoms with Crippen molar-refractivity contribution in [1.29, 1.82) is 0 Å². The largest absolute Gasteiger partial charge is 0.399 e. The number of nitrogen functional groups attached to an aromatic ring is 1. The van der Waals surface area contributed by atoms with Gasteiger partial charge in [0.25, 0.3) is 0 Å². The highest BCUT2D eigenvalue weighted by atomic mass is 79.9. The third-order valence-corrected chi connectivity index (χ3v) is 3.70. The number of aromatic nitrogens is 2. The van der Waals surface area contributed by atoms with Crippen LogP contribution in [-0.2, 0) is 0 Å². The van der Waals surface area contributed by atoms with E-state index < -0.39 is 0 Å². The molecule has 102 valence electrons. The predicted octanol–water partition coefficient (Wildman–Crippen LogP) is 4.27. The number of nitrogens with one attached hydrogen (secondary N) is 2. The van der Waals surface area contributed by atoms with Gasteiger partial charge in [0.2, 0.25) is 5.95 Å². The molecule has 1 heterocycles. The first kappa shape index (κ1) is 13.0. The molecule has 4 N–H and O–H groups in total. The summed E-state index contributed by atoms with van der Waals surface area (Å²) in [5, 5.41) is 3.35. The molecule has 0 bridgehead atoms. The highest BCUT2D eigenvalue weighted by Gasteiger charge is 2.08. The fraction of sp³-hybridized carbons (Fsp3) is 0.133. The van der Waals surface area contributed by atoms with Crippen molar-refractivity contribution in [3.63, 3.8) is 0 Å². The predicted molar refractivity (Wildman–Crippen MR) is 87.4 cm³/mol. The minimum Gasteiger partial charge on any atom is -0.399 e. The second-order valence-corrected chi connectivity index (χ2v) is 5.82. The van der Waals surface area contributed by atoms with Crippen LogP contribution < -0.4 is 11.1 Å². The van der Waals surface area contributed by atoms with Gasteiger partial charge in [-0.05, 0) is 55.3 Å². The van der Waals surface area contributed by atoms with Crippen LogP contribution in [0, 0.1) is 13.8 Å². The molecule has 0 atom stereocenters. The van der Waals surface area contributed by atoms with Crippen molar-refractivity contribution < 1.29 is 0 Å². The number of anilines is 3. The zero-order valence-electron chi connectivity index (χ0n) is 11.3. The van der Waals surface area contributed by atoms with Crippen molar-refractivity contribution in [2.24, 2.45) is 0 Å². The Labute approximate surface area is 125 Å². The number of halogens is 1. The molecule has 0 saturated heterocycles. The number of aromatic amines is 1. The van der Waals surface area contributed by atoms with Gasteiger partial charge in [0.1, 0.15) is 0 Å². The number of rotatable bonds is 2. The van der Waals surface area contributed by atoms with E-state index in [2.05, 4.69) is 57.2 Å². The average molecular weight is 331 g/mol. The molecular formula is C15H15BrN4. The molecule has 0 unspecified atom stereocenters. The van der Waals surface area contributed by atoms with E-state index in [-0.39, 0.29) is 0 Å². The van der Waals surface area contributed by atoms with Crippen LogP contribution in [0.2, 0.25) is 0 Å². The van der Waals surface area contributed by atoms with Crippen LogP contribution >= 0.6 is 15.9 Å². The Bertz CT molecular complexity index is 769. The Morgan fingerprint density at radius 2 is 1.85 bits per heavy atom. The molecule has 20 heavy (non-hydrogen) atoms. The molecule has 0 aliphatic rings. The molecule has 1 aromatic heterocycles. The number of nitrogens with zero attached hydrogens (tertiary/aromatic N) is 1. The number of nitrogens with two attached hydrogens (primary N) is 1. The smallest absolute Gasteiger partial charge is 0.205 e. The standard InChI is InChI=1S/C15H15BrN4/c1-8-5-10(16)6-9(2)14(8)20-15-18-12-4-3-11(17)7-13(12)19-15/h3-7H,17H2,1-2H3,(H2,18,19,20). The first-order chi connectivity index (χ1) is 9.52. The first-order valence-corrected chi connectivity index (χ1v) is 7.11. The first-order valence-electron chi connectivity index (χ1n) is 6.32. The third kappa shape index (κ3) is 2.36. The van der Waals surface area contributed by atoms with Crippen molar-refractivity contribution in [2.75, 3.05) is 11.1 Å². The van der Waals surface area contributed by atoms with Crippen molar-refractivity contribution in [1.82, 2.24) is 9.97 Å². The number of aryl methyl sites for hydroxylation is 2. The van der Waals surface area contributed by atoms with Gasteiger partial charge in [-0.1, -0.05) is 15.9 Å². The second-order valence-electron chi connectivity index (χ2n) is 4.90. The van der Waals surface area contributed by atoms with E-state index in [0.717, 1.165) is 44.0 Å². The van der Waals surface area contributed by atoms with E-state index >= 15 is 0 Å². The van der Waals surface area contributed by atoms with E-state index in [0.29, 0.717) is 0 Å². The summed E-state index contributed by atoms with van der Waals surface area (Å²) < 4.78 is 1.08. The summed E-state index contributed by atoms with van der Waals surface area (Å²) >= 11 is 3.50. The van der Waals surface area contributed by atoms with Gasteiger partial charge in [-0.25, -0.2) is 4.98 Å². The zero-order valence-corrected chi connectivity index (χ0v) is 12.9. The molecule has 0 spiro atoms. The molecule has 0 aliphatic carbocycles. The number of hydrogen-bond acceptors (Lipinski definition) is 3. The van der Waals surface area contributed by atoms with Gasteiger partial charge >= 0.3 is 0 Å². The van der Waals surface area contributed by atoms with Gasteiger partial charge in [-0.2, -0.15) is 0 Å². The summed E-state index contributed by atoms with van der Waals surface area (Å²) in [6, 6.07) is 9.80. The lowest BCUT2D eigenvalue weighted by Gasteiger charge is -2.11. The maximum atomic E-state index is 5.78. The quantitative estimate of drug-likeness (QED) is 0.615. The monoisotopic (exact) mass is 330 g/mol. The van der Waals surface area contributed by atoms with E-state index in [9.17, 15) is 0 Å². The van der Waals surface area contributed by atoms with Crippen LogP contribution in [0.15, 0.2) is 34.8 Å². The van der Waals surface area contributed by atoms with Crippen LogP contribution in [0.25, 0.3) is 11.0 Å². The van der Waals surface area contributed by atoms with Crippen LogP contribution in [0.5, 0.6) is 0 Å². The summed E-state index contributed by atoms with van der Waals surface area (Å²) in [5.74, 6) is 0.721. The highest BCUT2D eigenvalue weighted by Crippen LogP contribution is 2.28. The van der Waals surface area contributed by atoms with E-state index in [1.54, 1.807) is 0 Å². The van der Waals surface area contributed by atoms with E-state index in [1.807, 2.05) is 18.2 Å². The summed E-state index contributed by atoms with van der Waals surface area (Å²) in [7, 11) is 0. The molecule has 0 amide bonds. The molecule has 0 saturated carbocycles. The van der Waals surface area contributed by atoms with Crippen LogP contribution in [0.4, 0.5) is 17.3 Å². The van der Waals surface area contributed by atoms with Crippen molar-refractivity contribution in [2.45, 2.75) is 13.8 Å². The molecular weight excluding hydrogens is 316 g/mol. The van der Waals surface area contributed by atoms with Crippen LogP contribution in [0.3, 0.4) is 0 Å². The lowest BCUT2D eigenvalue weighted by Crippen LogP contribution is -1.97. The fourth-order valence-corrected chi connectivity index (χ4v) is 3.00. The van der Waals surface area contributed by atoms with E-state index in [1.165, 1.54) is 0 Å². The number of fused-ring (bicyclic) bond motifs is 1. The van der Waals surface area contributed by atoms with Crippen LogP contribution in [0.1, 0.15) is 11.1 Å². The van der Waals surface area contributed by atoms with Crippen LogP contribution in [-0.4, -0.2) is 9.97 Å². The normalized spacial score (nSPS) is 10.9. The molecule has 0 aliphatic heterocycles. The van der Waals surface area contributed by atoms with Crippen molar-refractivity contribution in [3.05, 3.63) is 45.9 Å². The molecule has 3 rings (SSSR count). The fourth-order valence-electron chi connectivity index (χ4n) is 2.31. The van der Waals surface area contributed by atoms with Gasteiger partial charge in [-0.3, -0.25) is 0 Å². The minimum absolute atomic E-state index is 0.721. The van der Waals surface area contributed by atoms with Crippen molar-refractivity contribution >= 4 is 44.3 Å². The molecule has 5 heteroatoms. The molecule has 0 fully saturated rings. The SMILES string of the molecule is Cc1cc(Br)cc(C)c1Nc1nc2ccc(N)cc2[nH]1. The molecule has 4 nitrogen and oxygen atoms in total. The Balaban J connectivity index is 2.01. The highest BCUT2D eigenvalue weighted by molar-refractivity contribution is 9.10. The maximum absolute atomic E-state index is 5.78. The molecule has 2 aromatic carbocycles. The lowest BCUT2D eigenvalue weighted by atomic mass is 10.1. The summed E-state index contributed by atoms with van der Waals surface area (Å²) in [4.78, 5) is 7.76. The molecule has 0 radical (unpaired) electrons. The second kappa shape index (κ2) is 4.83. The average Bonchev–Trinajstić information content (AvgIpc) is 2.75. The Hall–Kier alpha value is -2.01. The van der Waals surface area contributed by atoms with Crippen molar-refractivity contribution in [3.8, 4) is 0 Å². The Kier molecular flexibility index (Phi) is 3.14. The van der Waals surface area contributed by atoms with Gasteiger partial charge in [0, 0.05) is 15.8 Å². The van der Waals surface area contributed by atoms with Gasteiger partial charge in [-0.15, -0.1) is 0 Å². The lowest BCUT2D eigenvalue weighted by molar-refractivity contribution is 1.27. The Morgan fingerprint density at radius 3 is 2.55 bits per heavy atom. The third-order valence-electron chi connectivity index (χ3n) is 3.25. The summed E-state index contributed by atoms with van der Waals surface area (Å²) in [5.41, 5.74) is 11.7. The maximum Gasteiger partial charge on any atom is 0.205 e. The number of H-pyrrole nitrogens is 1. The number of imidazole rings is 1. The van der Waals surface area contributed by atoms with E-state index in [4.69, 9.17) is 5.73 Å². The number of benzene rings is 2. The zero-order chi connectivity index (χ0) is 14.3.